The van der Waals surface area contributed by atoms with Gasteiger partial charge in [-0.3, -0.25) is 0 Å². The number of benzene rings is 1. The maximum absolute atomic E-state index is 3.86. The van der Waals surface area contributed by atoms with Gasteiger partial charge in [0.15, 0.2) is 0 Å². The quantitative estimate of drug-likeness (QED) is 0.670. The zero-order valence-corrected chi connectivity index (χ0v) is 10.00. The first-order valence-corrected chi connectivity index (χ1v) is 6.67. The molecule has 3 atom stereocenters. The molecular weight excluding hydrogens is 210 g/mol. The Morgan fingerprint density at radius 2 is 2.18 bits per heavy atom. The van der Waals surface area contributed by atoms with E-state index in [-0.39, 0.29) is 5.54 Å². The van der Waals surface area contributed by atoms with Crippen molar-refractivity contribution in [1.82, 2.24) is 16.0 Å². The topological polar surface area (TPSA) is 36.1 Å². The van der Waals surface area contributed by atoms with E-state index in [0.717, 1.165) is 19.6 Å². The van der Waals surface area contributed by atoms with Crippen molar-refractivity contribution in [2.75, 3.05) is 13.1 Å². The van der Waals surface area contributed by atoms with E-state index >= 15 is 0 Å². The van der Waals surface area contributed by atoms with E-state index in [4.69, 9.17) is 0 Å². The number of hydrogen-bond acceptors (Lipinski definition) is 3. The minimum atomic E-state index is 0.246. The second-order valence-corrected chi connectivity index (χ2v) is 5.68. The Labute approximate surface area is 102 Å². The molecule has 1 aromatic carbocycles. The fourth-order valence-corrected chi connectivity index (χ4v) is 3.87. The third-order valence-electron chi connectivity index (χ3n) is 4.68. The van der Waals surface area contributed by atoms with Crippen molar-refractivity contribution in [3.63, 3.8) is 0 Å². The summed E-state index contributed by atoms with van der Waals surface area (Å²) in [5, 5.41) is 11.2. The molecule has 0 amide bonds. The van der Waals surface area contributed by atoms with Gasteiger partial charge < -0.3 is 16.0 Å². The Balaban J connectivity index is 1.72. The van der Waals surface area contributed by atoms with Crippen LogP contribution in [-0.2, 0) is 6.54 Å². The molecule has 0 aromatic heterocycles. The van der Waals surface area contributed by atoms with E-state index in [1.165, 1.54) is 24.0 Å². The van der Waals surface area contributed by atoms with Crippen LogP contribution in [0.3, 0.4) is 0 Å². The van der Waals surface area contributed by atoms with Crippen LogP contribution >= 0.6 is 0 Å². The summed E-state index contributed by atoms with van der Waals surface area (Å²) >= 11 is 0. The first-order chi connectivity index (χ1) is 8.37. The van der Waals surface area contributed by atoms with Gasteiger partial charge in [0.25, 0.3) is 0 Å². The van der Waals surface area contributed by atoms with Crippen LogP contribution in [0.2, 0.25) is 0 Å². The normalized spacial score (nSPS) is 39.3. The van der Waals surface area contributed by atoms with Gasteiger partial charge in [0.1, 0.15) is 0 Å². The Bertz CT molecular complexity index is 441. The molecule has 2 saturated heterocycles. The number of fused-ring (bicyclic) bond motifs is 3. The van der Waals surface area contributed by atoms with E-state index < -0.39 is 0 Å². The molecule has 3 N–H and O–H groups in total. The van der Waals surface area contributed by atoms with E-state index in [1.807, 2.05) is 0 Å². The maximum atomic E-state index is 3.86. The van der Waals surface area contributed by atoms with Gasteiger partial charge in [-0.05, 0) is 24.0 Å². The van der Waals surface area contributed by atoms with Crippen molar-refractivity contribution in [3.8, 4) is 0 Å². The molecule has 0 saturated carbocycles. The fraction of sp³-hybridized carbons (Fsp3) is 0.571. The second kappa shape index (κ2) is 3.55. The average molecular weight is 229 g/mol. The van der Waals surface area contributed by atoms with Gasteiger partial charge in [-0.2, -0.15) is 0 Å². The lowest BCUT2D eigenvalue weighted by atomic mass is 9.84. The third-order valence-corrected chi connectivity index (χ3v) is 4.68. The fourth-order valence-electron chi connectivity index (χ4n) is 3.87. The average Bonchev–Trinajstić information content (AvgIpc) is 2.92. The van der Waals surface area contributed by atoms with Crippen LogP contribution in [0.15, 0.2) is 24.3 Å². The third kappa shape index (κ3) is 1.39. The number of nitrogens with one attached hydrogen (secondary N) is 3. The molecule has 0 aliphatic carbocycles. The van der Waals surface area contributed by atoms with Crippen LogP contribution < -0.4 is 16.0 Å². The molecule has 1 aromatic rings. The van der Waals surface area contributed by atoms with Crippen molar-refractivity contribution in [1.29, 1.82) is 0 Å². The van der Waals surface area contributed by atoms with Gasteiger partial charge in [0.05, 0.1) is 11.6 Å². The lowest BCUT2D eigenvalue weighted by molar-refractivity contribution is 0.227. The van der Waals surface area contributed by atoms with Crippen molar-refractivity contribution >= 4 is 0 Å². The van der Waals surface area contributed by atoms with Crippen molar-refractivity contribution in [2.24, 2.45) is 0 Å². The van der Waals surface area contributed by atoms with Crippen molar-refractivity contribution in [3.05, 3.63) is 35.4 Å². The van der Waals surface area contributed by atoms with Crippen LogP contribution in [0, 0.1) is 0 Å². The summed E-state index contributed by atoms with van der Waals surface area (Å²) in [5.41, 5.74) is 3.22. The molecule has 2 fully saturated rings. The Hall–Kier alpha value is -0.900. The zero-order chi connectivity index (χ0) is 11.3. The van der Waals surface area contributed by atoms with Gasteiger partial charge in [0, 0.05) is 25.7 Å². The highest BCUT2D eigenvalue weighted by Crippen LogP contribution is 2.40. The Morgan fingerprint density at radius 3 is 3.18 bits per heavy atom. The molecule has 3 nitrogen and oxygen atoms in total. The first kappa shape index (κ1) is 10.1. The highest BCUT2D eigenvalue weighted by atomic mass is 15.2. The molecule has 0 spiro atoms. The standard InChI is InChI=1S/C14H19N3/c1-2-4-12-10(3-1)7-16-13(12)14-6-5-11(17-14)8-15-9-14/h1-4,11,13,15-17H,5-9H2. The summed E-state index contributed by atoms with van der Waals surface area (Å²) in [4.78, 5) is 0. The molecule has 3 heterocycles. The first-order valence-electron chi connectivity index (χ1n) is 6.67. The summed E-state index contributed by atoms with van der Waals surface area (Å²) < 4.78 is 0. The summed E-state index contributed by atoms with van der Waals surface area (Å²) in [6, 6.07) is 10.0. The van der Waals surface area contributed by atoms with E-state index in [0.29, 0.717) is 12.1 Å². The molecule has 3 heteroatoms. The highest BCUT2D eigenvalue weighted by Gasteiger charge is 2.48. The van der Waals surface area contributed by atoms with Crippen LogP contribution in [0.1, 0.15) is 30.0 Å². The smallest absolute Gasteiger partial charge is 0.0523 e. The minimum absolute atomic E-state index is 0.246. The van der Waals surface area contributed by atoms with Gasteiger partial charge in [0.2, 0.25) is 0 Å². The summed E-state index contributed by atoms with van der Waals surface area (Å²) in [7, 11) is 0. The molecule has 4 rings (SSSR count). The Morgan fingerprint density at radius 1 is 1.24 bits per heavy atom. The van der Waals surface area contributed by atoms with Crippen LogP contribution in [0.4, 0.5) is 0 Å². The predicted octanol–water partition coefficient (Wildman–Crippen LogP) is 0.925. The molecule has 3 unspecified atom stereocenters. The molecule has 17 heavy (non-hydrogen) atoms. The minimum Gasteiger partial charge on any atom is -0.313 e. The maximum Gasteiger partial charge on any atom is 0.0523 e. The van der Waals surface area contributed by atoms with Crippen LogP contribution in [0.25, 0.3) is 0 Å². The molecule has 2 bridgehead atoms. The second-order valence-electron chi connectivity index (χ2n) is 5.68. The molecular formula is C14H19N3. The monoisotopic (exact) mass is 229 g/mol. The van der Waals surface area contributed by atoms with E-state index in [2.05, 4.69) is 40.2 Å². The van der Waals surface area contributed by atoms with E-state index in [1.54, 1.807) is 0 Å². The van der Waals surface area contributed by atoms with Crippen molar-refractivity contribution < 1.29 is 0 Å². The molecule has 3 aliphatic rings. The Kier molecular flexibility index (Phi) is 2.10. The lowest BCUT2D eigenvalue weighted by Gasteiger charge is -2.40. The zero-order valence-electron chi connectivity index (χ0n) is 10.00. The number of hydrogen-bond donors (Lipinski definition) is 3. The predicted molar refractivity (Wildman–Crippen MR) is 67.8 cm³/mol. The molecule has 90 valence electrons. The summed E-state index contributed by atoms with van der Waals surface area (Å²) in [5.74, 6) is 0. The lowest BCUT2D eigenvalue weighted by Crippen LogP contribution is -2.62. The van der Waals surface area contributed by atoms with Crippen LogP contribution in [0.5, 0.6) is 0 Å². The summed E-state index contributed by atoms with van der Waals surface area (Å²) in [6.07, 6.45) is 2.60. The number of piperazine rings is 1. The molecule has 0 radical (unpaired) electrons. The molecule has 3 aliphatic heterocycles. The van der Waals surface area contributed by atoms with Gasteiger partial charge in [-0.1, -0.05) is 24.3 Å². The van der Waals surface area contributed by atoms with Crippen LogP contribution in [-0.4, -0.2) is 24.7 Å². The van der Waals surface area contributed by atoms with Crippen molar-refractivity contribution in [2.45, 2.75) is 37.0 Å². The van der Waals surface area contributed by atoms with E-state index in [9.17, 15) is 0 Å². The number of rotatable bonds is 1. The highest BCUT2D eigenvalue weighted by molar-refractivity contribution is 5.37. The summed E-state index contributed by atoms with van der Waals surface area (Å²) in [6.45, 7) is 3.25. The van der Waals surface area contributed by atoms with Gasteiger partial charge >= 0.3 is 0 Å². The largest absolute Gasteiger partial charge is 0.313 e. The van der Waals surface area contributed by atoms with Gasteiger partial charge in [-0.25, -0.2) is 0 Å². The van der Waals surface area contributed by atoms with Gasteiger partial charge in [-0.15, -0.1) is 0 Å². The SMILES string of the molecule is c1ccc2c(c1)CNC2C12CCC(CNC1)N2.